The fraction of sp³-hybridized carbons (Fsp3) is 0.200. The van der Waals surface area contributed by atoms with Crippen LogP contribution >= 0.6 is 27.3 Å². The highest BCUT2D eigenvalue weighted by Crippen LogP contribution is 2.24. The Morgan fingerprint density at radius 3 is 2.86 bits per heavy atom. The van der Waals surface area contributed by atoms with Crippen molar-refractivity contribution < 1.29 is 9.52 Å². The van der Waals surface area contributed by atoms with Crippen LogP contribution in [0.1, 0.15) is 16.7 Å². The fourth-order valence-corrected chi connectivity index (χ4v) is 2.29. The normalized spacial score (nSPS) is 13.0. The third kappa shape index (κ3) is 2.26. The highest BCUT2D eigenvalue weighted by molar-refractivity contribution is 9.10. The van der Waals surface area contributed by atoms with Gasteiger partial charge in [0.1, 0.15) is 11.9 Å². The SMILES string of the molecule is OC(Cc1cccs1)c1ccc(Br)o1. The van der Waals surface area contributed by atoms with E-state index in [2.05, 4.69) is 15.9 Å². The predicted octanol–water partition coefficient (Wildman–Crippen LogP) is 3.38. The minimum atomic E-state index is -0.556. The molecule has 1 atom stereocenters. The van der Waals surface area contributed by atoms with E-state index in [-0.39, 0.29) is 0 Å². The highest BCUT2D eigenvalue weighted by atomic mass is 79.9. The first-order chi connectivity index (χ1) is 6.75. The Balaban J connectivity index is 2.06. The van der Waals surface area contributed by atoms with E-state index in [0.29, 0.717) is 16.9 Å². The summed E-state index contributed by atoms with van der Waals surface area (Å²) in [4.78, 5) is 1.16. The molecule has 4 heteroatoms. The summed E-state index contributed by atoms with van der Waals surface area (Å²) in [5, 5.41) is 11.8. The van der Waals surface area contributed by atoms with E-state index in [0.717, 1.165) is 4.88 Å². The molecule has 0 aliphatic heterocycles. The number of hydrogen-bond donors (Lipinski definition) is 1. The Hall–Kier alpha value is -0.580. The average molecular weight is 273 g/mol. The molecule has 2 aromatic heterocycles. The molecule has 0 bridgehead atoms. The summed E-state index contributed by atoms with van der Waals surface area (Å²) in [7, 11) is 0. The Bertz CT molecular complexity index is 394. The fourth-order valence-electron chi connectivity index (χ4n) is 1.23. The van der Waals surface area contributed by atoms with Crippen molar-refractivity contribution >= 4 is 27.3 Å². The van der Waals surface area contributed by atoms with E-state index < -0.39 is 6.10 Å². The lowest BCUT2D eigenvalue weighted by atomic mass is 10.2. The molecule has 0 spiro atoms. The number of thiophene rings is 1. The molecule has 0 aliphatic carbocycles. The lowest BCUT2D eigenvalue weighted by Crippen LogP contribution is -1.98. The lowest BCUT2D eigenvalue weighted by molar-refractivity contribution is 0.149. The summed E-state index contributed by atoms with van der Waals surface area (Å²) in [6, 6.07) is 7.55. The summed E-state index contributed by atoms with van der Waals surface area (Å²) in [5.74, 6) is 0.602. The Morgan fingerprint density at radius 2 is 2.29 bits per heavy atom. The summed E-state index contributed by atoms with van der Waals surface area (Å²) in [6.07, 6.45) is 0.0531. The Labute approximate surface area is 94.3 Å². The molecule has 0 fully saturated rings. The van der Waals surface area contributed by atoms with Gasteiger partial charge in [-0.2, -0.15) is 0 Å². The highest BCUT2D eigenvalue weighted by Gasteiger charge is 2.12. The summed E-state index contributed by atoms with van der Waals surface area (Å²) >= 11 is 4.84. The standard InChI is InChI=1S/C10H9BrO2S/c11-10-4-3-9(13-10)8(12)6-7-2-1-5-14-7/h1-5,8,12H,6H2. The molecule has 2 heterocycles. The minimum Gasteiger partial charge on any atom is -0.452 e. The van der Waals surface area contributed by atoms with Crippen LogP contribution in [0.15, 0.2) is 38.7 Å². The Morgan fingerprint density at radius 1 is 1.43 bits per heavy atom. The maximum absolute atomic E-state index is 9.80. The van der Waals surface area contributed by atoms with Crippen molar-refractivity contribution in [1.82, 2.24) is 0 Å². The molecule has 0 radical (unpaired) electrons. The van der Waals surface area contributed by atoms with Crippen LogP contribution < -0.4 is 0 Å². The summed E-state index contributed by atoms with van der Waals surface area (Å²) in [5.41, 5.74) is 0. The van der Waals surface area contributed by atoms with Gasteiger partial charge >= 0.3 is 0 Å². The van der Waals surface area contributed by atoms with Crippen LogP contribution in [-0.2, 0) is 6.42 Å². The molecule has 0 aromatic carbocycles. The lowest BCUT2D eigenvalue weighted by Gasteiger charge is -2.04. The van der Waals surface area contributed by atoms with Crippen LogP contribution in [0.5, 0.6) is 0 Å². The smallest absolute Gasteiger partial charge is 0.169 e. The first-order valence-corrected chi connectivity index (χ1v) is 5.88. The van der Waals surface area contributed by atoms with Crippen LogP contribution in [0.3, 0.4) is 0 Å². The summed E-state index contributed by atoms with van der Waals surface area (Å²) in [6.45, 7) is 0. The number of furan rings is 1. The maximum atomic E-state index is 9.80. The van der Waals surface area contributed by atoms with Crippen molar-refractivity contribution in [2.24, 2.45) is 0 Å². The molecule has 2 nitrogen and oxygen atoms in total. The molecule has 1 N–H and O–H groups in total. The second kappa shape index (κ2) is 4.29. The van der Waals surface area contributed by atoms with Gasteiger partial charge in [-0.3, -0.25) is 0 Å². The van der Waals surface area contributed by atoms with Gasteiger partial charge in [0.2, 0.25) is 0 Å². The zero-order chi connectivity index (χ0) is 9.97. The number of rotatable bonds is 3. The van der Waals surface area contributed by atoms with Gasteiger partial charge in [0, 0.05) is 11.3 Å². The molecule has 14 heavy (non-hydrogen) atoms. The molecule has 1 unspecified atom stereocenters. The molecule has 0 amide bonds. The van der Waals surface area contributed by atoms with Gasteiger partial charge in [-0.25, -0.2) is 0 Å². The van der Waals surface area contributed by atoms with Crippen molar-refractivity contribution in [1.29, 1.82) is 0 Å². The van der Waals surface area contributed by atoms with Gasteiger partial charge in [-0.05, 0) is 39.5 Å². The van der Waals surface area contributed by atoms with Crippen molar-refractivity contribution in [3.05, 3.63) is 45.0 Å². The molecule has 74 valence electrons. The zero-order valence-corrected chi connectivity index (χ0v) is 9.72. The van der Waals surface area contributed by atoms with E-state index in [1.807, 2.05) is 17.5 Å². The van der Waals surface area contributed by atoms with Gasteiger partial charge in [0.05, 0.1) is 0 Å². The molecular formula is C10H9BrO2S. The molecular weight excluding hydrogens is 264 g/mol. The van der Waals surface area contributed by atoms with Gasteiger partial charge in [0.25, 0.3) is 0 Å². The van der Waals surface area contributed by atoms with Gasteiger partial charge in [-0.15, -0.1) is 11.3 Å². The third-order valence-electron chi connectivity index (χ3n) is 1.90. The first kappa shape index (κ1) is 9.96. The summed E-state index contributed by atoms with van der Waals surface area (Å²) < 4.78 is 5.92. The molecule has 2 rings (SSSR count). The van der Waals surface area contributed by atoms with Crippen LogP contribution in [0.2, 0.25) is 0 Å². The van der Waals surface area contributed by atoms with Crippen molar-refractivity contribution in [2.75, 3.05) is 0 Å². The van der Waals surface area contributed by atoms with Crippen LogP contribution in [0.25, 0.3) is 0 Å². The topological polar surface area (TPSA) is 33.4 Å². The number of halogens is 1. The van der Waals surface area contributed by atoms with E-state index in [1.54, 1.807) is 23.5 Å². The molecule has 0 aliphatic rings. The van der Waals surface area contributed by atoms with Crippen molar-refractivity contribution in [3.63, 3.8) is 0 Å². The number of aliphatic hydroxyl groups excluding tert-OH is 1. The monoisotopic (exact) mass is 272 g/mol. The first-order valence-electron chi connectivity index (χ1n) is 4.21. The van der Waals surface area contributed by atoms with Gasteiger partial charge in [-0.1, -0.05) is 6.07 Å². The van der Waals surface area contributed by atoms with Gasteiger partial charge < -0.3 is 9.52 Å². The maximum Gasteiger partial charge on any atom is 0.169 e. The second-order valence-corrected chi connectivity index (χ2v) is 4.75. The quantitative estimate of drug-likeness (QED) is 0.930. The van der Waals surface area contributed by atoms with Crippen LogP contribution in [-0.4, -0.2) is 5.11 Å². The Kier molecular flexibility index (Phi) is 3.05. The molecule has 0 saturated heterocycles. The van der Waals surface area contributed by atoms with E-state index in [1.165, 1.54) is 0 Å². The third-order valence-corrected chi connectivity index (χ3v) is 3.22. The van der Waals surface area contributed by atoms with E-state index in [4.69, 9.17) is 4.42 Å². The number of hydrogen-bond acceptors (Lipinski definition) is 3. The molecule has 2 aromatic rings. The van der Waals surface area contributed by atoms with Crippen LogP contribution in [0, 0.1) is 0 Å². The number of aliphatic hydroxyl groups is 1. The largest absolute Gasteiger partial charge is 0.452 e. The minimum absolute atomic E-state index is 0.556. The van der Waals surface area contributed by atoms with Crippen molar-refractivity contribution in [3.8, 4) is 0 Å². The molecule has 0 saturated carbocycles. The second-order valence-electron chi connectivity index (χ2n) is 2.94. The average Bonchev–Trinajstić information content (AvgIpc) is 2.75. The van der Waals surface area contributed by atoms with E-state index >= 15 is 0 Å². The van der Waals surface area contributed by atoms with Gasteiger partial charge in [0.15, 0.2) is 4.67 Å². The zero-order valence-electron chi connectivity index (χ0n) is 7.31. The van der Waals surface area contributed by atoms with Crippen LogP contribution in [0.4, 0.5) is 0 Å². The van der Waals surface area contributed by atoms with E-state index in [9.17, 15) is 5.11 Å². The predicted molar refractivity (Wildman–Crippen MR) is 59.4 cm³/mol. The van der Waals surface area contributed by atoms with Crippen molar-refractivity contribution in [2.45, 2.75) is 12.5 Å².